The Hall–Kier alpha value is -2.25. The van der Waals surface area contributed by atoms with Gasteiger partial charge in [0.05, 0.1) is 5.56 Å². The zero-order valence-electron chi connectivity index (χ0n) is 17.8. The highest BCUT2D eigenvalue weighted by molar-refractivity contribution is 7.80. The minimum Gasteiger partial charge on any atom is -0.358 e. The smallest absolute Gasteiger partial charge is 0.358 e. The number of benzene rings is 2. The molecule has 32 heavy (non-hydrogen) atoms. The van der Waals surface area contributed by atoms with Crippen LogP contribution in [0.5, 0.6) is 0 Å². The first-order valence-corrected chi connectivity index (χ1v) is 11.3. The number of aromatic amines is 1. The van der Waals surface area contributed by atoms with Crippen LogP contribution in [0, 0.1) is 5.82 Å². The molecule has 7 heteroatoms. The van der Waals surface area contributed by atoms with Crippen LogP contribution in [0.4, 0.5) is 17.6 Å². The molecule has 0 saturated heterocycles. The number of hydrogen-bond donors (Lipinski definition) is 2. The van der Waals surface area contributed by atoms with Gasteiger partial charge in [-0.2, -0.15) is 25.8 Å². The molecule has 2 aromatic carbocycles. The predicted molar refractivity (Wildman–Crippen MR) is 124 cm³/mol. The largest absolute Gasteiger partial charge is 0.416 e. The maximum atomic E-state index is 13.6. The summed E-state index contributed by atoms with van der Waals surface area (Å²) in [5.74, 6) is -0.251. The minimum atomic E-state index is -4.34. The third-order valence-corrected chi connectivity index (χ3v) is 6.68. The highest BCUT2D eigenvalue weighted by Crippen LogP contribution is 2.35. The number of hydrogen-bond acceptors (Lipinski definition) is 2. The van der Waals surface area contributed by atoms with Gasteiger partial charge in [-0.25, -0.2) is 4.39 Å². The molecule has 0 radical (unpaired) electrons. The second-order valence-corrected chi connectivity index (χ2v) is 8.85. The fourth-order valence-electron chi connectivity index (χ4n) is 4.39. The van der Waals surface area contributed by atoms with Crippen molar-refractivity contribution in [2.24, 2.45) is 0 Å². The fraction of sp³-hybridized carbons (Fsp3) is 0.360. The van der Waals surface area contributed by atoms with Crippen LogP contribution in [0.2, 0.25) is 0 Å². The van der Waals surface area contributed by atoms with Gasteiger partial charge in [0.1, 0.15) is 5.82 Å². The fourth-order valence-corrected chi connectivity index (χ4v) is 4.67. The van der Waals surface area contributed by atoms with E-state index in [0.717, 1.165) is 55.1 Å². The Morgan fingerprint density at radius 1 is 1.16 bits per heavy atom. The van der Waals surface area contributed by atoms with Gasteiger partial charge >= 0.3 is 6.18 Å². The van der Waals surface area contributed by atoms with Crippen LogP contribution in [0.15, 0.2) is 48.5 Å². The van der Waals surface area contributed by atoms with Crippen molar-refractivity contribution in [2.45, 2.75) is 37.6 Å². The lowest BCUT2D eigenvalue weighted by Crippen LogP contribution is -2.30. The highest BCUT2D eigenvalue weighted by atomic mass is 32.1. The monoisotopic (exact) mass is 462 g/mol. The molecule has 0 aliphatic carbocycles. The lowest BCUT2D eigenvalue weighted by atomic mass is 9.95. The zero-order chi connectivity index (χ0) is 22.9. The number of aromatic nitrogens is 1. The van der Waals surface area contributed by atoms with E-state index in [9.17, 15) is 17.6 Å². The van der Waals surface area contributed by atoms with E-state index in [0.29, 0.717) is 12.0 Å². The number of fused-ring (bicyclic) bond motifs is 1. The maximum absolute atomic E-state index is 13.6. The van der Waals surface area contributed by atoms with Gasteiger partial charge in [-0.05, 0) is 61.2 Å². The van der Waals surface area contributed by atoms with Crippen molar-refractivity contribution in [3.63, 3.8) is 0 Å². The first kappa shape index (κ1) is 22.9. The Morgan fingerprint density at radius 3 is 2.66 bits per heavy atom. The molecule has 170 valence electrons. The molecule has 0 amide bonds. The van der Waals surface area contributed by atoms with Crippen LogP contribution in [-0.4, -0.2) is 29.5 Å². The molecule has 1 aliphatic rings. The standard InChI is InChI=1S/C25H26F4N2S/c1-2-21-24(20-7-6-19(26)15-22(20)30-21)16-8-11-31(12-9-16)13-10-23(32)17-4-3-5-18(14-17)25(27,28)29/h3-8,14-15,23,30,32H,2,9-13H2,1H3. The number of thiol groups is 1. The van der Waals surface area contributed by atoms with Gasteiger partial charge in [0.2, 0.25) is 0 Å². The summed E-state index contributed by atoms with van der Waals surface area (Å²) in [5, 5.41) is 0.792. The predicted octanol–water partition coefficient (Wildman–Crippen LogP) is 7.04. The van der Waals surface area contributed by atoms with Crippen LogP contribution < -0.4 is 0 Å². The summed E-state index contributed by atoms with van der Waals surface area (Å²) in [5.41, 5.74) is 4.33. The molecular formula is C25H26F4N2S. The van der Waals surface area contributed by atoms with E-state index in [4.69, 9.17) is 0 Å². The summed E-state index contributed by atoms with van der Waals surface area (Å²) in [6.07, 6.45) is 0.249. The molecule has 4 rings (SSSR count). The zero-order valence-corrected chi connectivity index (χ0v) is 18.7. The quantitative estimate of drug-likeness (QED) is 0.297. The van der Waals surface area contributed by atoms with Crippen LogP contribution >= 0.6 is 12.6 Å². The second-order valence-electron chi connectivity index (χ2n) is 8.23. The molecular weight excluding hydrogens is 436 g/mol. The van der Waals surface area contributed by atoms with Crippen molar-refractivity contribution < 1.29 is 17.6 Å². The third-order valence-electron chi connectivity index (χ3n) is 6.12. The van der Waals surface area contributed by atoms with Gasteiger partial charge < -0.3 is 4.98 Å². The molecule has 0 fully saturated rings. The third kappa shape index (κ3) is 4.89. The molecule has 3 aromatic rings. The summed E-state index contributed by atoms with van der Waals surface area (Å²) in [7, 11) is 0. The molecule has 1 aromatic heterocycles. The first-order valence-electron chi connectivity index (χ1n) is 10.8. The van der Waals surface area contributed by atoms with Crippen molar-refractivity contribution in [1.29, 1.82) is 0 Å². The average molecular weight is 463 g/mol. The summed E-state index contributed by atoms with van der Waals surface area (Å²) < 4.78 is 52.5. The molecule has 0 bridgehead atoms. The molecule has 1 unspecified atom stereocenters. The SMILES string of the molecule is CCc1[nH]c2cc(F)ccc2c1C1=CCN(CCC(S)c2cccc(C(F)(F)F)c2)CC1. The number of alkyl halides is 3. The number of nitrogens with one attached hydrogen (secondary N) is 1. The van der Waals surface area contributed by atoms with Crippen molar-refractivity contribution in [3.8, 4) is 0 Å². The summed E-state index contributed by atoms with van der Waals surface area (Å²) in [6, 6.07) is 10.3. The number of aryl methyl sites for hydroxylation is 1. The maximum Gasteiger partial charge on any atom is 0.416 e. The van der Waals surface area contributed by atoms with E-state index >= 15 is 0 Å². The Balaban J connectivity index is 1.42. The Labute approximate surface area is 190 Å². The van der Waals surface area contributed by atoms with Crippen LogP contribution in [0.1, 0.15) is 47.4 Å². The molecule has 2 nitrogen and oxygen atoms in total. The van der Waals surface area contributed by atoms with E-state index in [1.165, 1.54) is 35.4 Å². The summed E-state index contributed by atoms with van der Waals surface area (Å²) >= 11 is 4.56. The number of nitrogens with zero attached hydrogens (tertiary/aromatic N) is 1. The summed E-state index contributed by atoms with van der Waals surface area (Å²) in [6.45, 7) is 4.48. The van der Waals surface area contributed by atoms with E-state index in [1.54, 1.807) is 6.07 Å². The highest BCUT2D eigenvalue weighted by Gasteiger charge is 2.30. The van der Waals surface area contributed by atoms with Gasteiger partial charge in [-0.1, -0.05) is 31.2 Å². The lowest BCUT2D eigenvalue weighted by molar-refractivity contribution is -0.137. The first-order chi connectivity index (χ1) is 15.3. The van der Waals surface area contributed by atoms with Gasteiger partial charge in [-0.3, -0.25) is 4.90 Å². The van der Waals surface area contributed by atoms with Gasteiger partial charge in [0.25, 0.3) is 0 Å². The van der Waals surface area contributed by atoms with E-state index in [2.05, 4.69) is 35.5 Å². The van der Waals surface area contributed by atoms with Crippen LogP contribution in [-0.2, 0) is 12.6 Å². The van der Waals surface area contributed by atoms with Crippen LogP contribution in [0.3, 0.4) is 0 Å². The topological polar surface area (TPSA) is 19.0 Å². The molecule has 0 saturated carbocycles. The van der Waals surface area contributed by atoms with Gasteiger partial charge in [0.15, 0.2) is 0 Å². The van der Waals surface area contributed by atoms with Crippen molar-refractivity contribution in [2.75, 3.05) is 19.6 Å². The lowest BCUT2D eigenvalue weighted by Gasteiger charge is -2.27. The van der Waals surface area contributed by atoms with Crippen molar-refractivity contribution in [3.05, 3.63) is 76.7 Å². The average Bonchev–Trinajstić information content (AvgIpc) is 3.15. The Kier molecular flexibility index (Phi) is 6.67. The Morgan fingerprint density at radius 2 is 1.97 bits per heavy atom. The van der Waals surface area contributed by atoms with Crippen molar-refractivity contribution >= 4 is 29.1 Å². The molecule has 2 heterocycles. The van der Waals surface area contributed by atoms with Gasteiger partial charge in [-0.15, -0.1) is 0 Å². The second kappa shape index (κ2) is 9.32. The number of H-pyrrole nitrogens is 1. The summed E-state index contributed by atoms with van der Waals surface area (Å²) in [4.78, 5) is 5.64. The number of rotatable bonds is 6. The van der Waals surface area contributed by atoms with Gasteiger partial charge in [0, 0.05) is 40.5 Å². The Bertz CT molecular complexity index is 1130. The molecule has 0 spiro atoms. The molecule has 1 aliphatic heterocycles. The minimum absolute atomic E-state index is 0.251. The van der Waals surface area contributed by atoms with Crippen LogP contribution in [0.25, 0.3) is 16.5 Å². The molecule has 1 atom stereocenters. The van der Waals surface area contributed by atoms with E-state index in [-0.39, 0.29) is 11.1 Å². The molecule has 1 N–H and O–H groups in total. The van der Waals surface area contributed by atoms with Crippen molar-refractivity contribution in [1.82, 2.24) is 9.88 Å². The van der Waals surface area contributed by atoms with E-state index in [1.807, 2.05) is 6.07 Å². The normalized spacial score (nSPS) is 16.4. The van der Waals surface area contributed by atoms with E-state index < -0.39 is 11.7 Å². The number of halogens is 4.